The van der Waals surface area contributed by atoms with E-state index in [-0.39, 0.29) is 0 Å². The summed E-state index contributed by atoms with van der Waals surface area (Å²) < 4.78 is 0. The minimum atomic E-state index is 0.613. The van der Waals surface area contributed by atoms with Crippen LogP contribution in [0.15, 0.2) is 36.5 Å². The molecule has 2 aromatic rings. The molecule has 1 heterocycles. The molecule has 1 aromatic carbocycles. The third kappa shape index (κ3) is 4.60. The molecule has 5 heteroatoms. The van der Waals surface area contributed by atoms with Crippen molar-refractivity contribution in [2.45, 2.75) is 26.3 Å². The minimum Gasteiger partial charge on any atom is -0.360 e. The summed E-state index contributed by atoms with van der Waals surface area (Å²) in [6.45, 7) is 3.80. The van der Waals surface area contributed by atoms with Crippen molar-refractivity contribution in [1.29, 1.82) is 0 Å². The monoisotopic (exact) mass is 304 g/mol. The summed E-state index contributed by atoms with van der Waals surface area (Å²) >= 11 is 6.14. The molecular weight excluding hydrogens is 284 g/mol. The van der Waals surface area contributed by atoms with Crippen molar-refractivity contribution < 1.29 is 0 Å². The molecule has 0 radical (unpaired) electrons. The molecule has 0 bridgehead atoms. The van der Waals surface area contributed by atoms with Crippen LogP contribution in [0.5, 0.6) is 0 Å². The zero-order chi connectivity index (χ0) is 15.1. The van der Waals surface area contributed by atoms with Gasteiger partial charge in [0.1, 0.15) is 5.82 Å². The third-order valence-electron chi connectivity index (χ3n) is 3.27. The molecule has 0 aliphatic carbocycles. The maximum atomic E-state index is 6.14. The highest BCUT2D eigenvalue weighted by Crippen LogP contribution is 2.17. The molecule has 1 N–H and O–H groups in total. The number of unbranched alkanes of at least 4 members (excludes halogenated alkanes) is 1. The van der Waals surface area contributed by atoms with E-state index in [4.69, 9.17) is 11.6 Å². The molecule has 0 aliphatic rings. The number of nitrogens with zero attached hydrogens (tertiary/aromatic N) is 3. The maximum absolute atomic E-state index is 6.14. The SMILES string of the molecule is CCCCN(C)c1ccnc(NCc2ccccc2Cl)n1. The van der Waals surface area contributed by atoms with Crippen molar-refractivity contribution >= 4 is 23.4 Å². The Morgan fingerprint density at radius 1 is 1.24 bits per heavy atom. The first-order valence-corrected chi connectivity index (χ1v) is 7.60. The minimum absolute atomic E-state index is 0.613. The molecule has 21 heavy (non-hydrogen) atoms. The maximum Gasteiger partial charge on any atom is 0.224 e. The number of hydrogen-bond acceptors (Lipinski definition) is 4. The quantitative estimate of drug-likeness (QED) is 0.840. The smallest absolute Gasteiger partial charge is 0.224 e. The highest BCUT2D eigenvalue weighted by Gasteiger charge is 2.05. The summed E-state index contributed by atoms with van der Waals surface area (Å²) in [5, 5.41) is 3.97. The van der Waals surface area contributed by atoms with Crippen LogP contribution in [-0.4, -0.2) is 23.6 Å². The fraction of sp³-hybridized carbons (Fsp3) is 0.375. The van der Waals surface area contributed by atoms with E-state index in [2.05, 4.69) is 34.2 Å². The number of nitrogens with one attached hydrogen (secondary N) is 1. The van der Waals surface area contributed by atoms with E-state index in [0.29, 0.717) is 12.5 Å². The molecule has 0 aliphatic heterocycles. The van der Waals surface area contributed by atoms with Crippen molar-refractivity contribution in [3.05, 3.63) is 47.1 Å². The molecule has 4 nitrogen and oxygen atoms in total. The molecule has 0 atom stereocenters. The van der Waals surface area contributed by atoms with Gasteiger partial charge in [-0.15, -0.1) is 0 Å². The zero-order valence-electron chi connectivity index (χ0n) is 12.5. The van der Waals surface area contributed by atoms with E-state index in [0.717, 1.165) is 29.4 Å². The van der Waals surface area contributed by atoms with Gasteiger partial charge >= 0.3 is 0 Å². The van der Waals surface area contributed by atoms with Crippen LogP contribution in [0.1, 0.15) is 25.3 Å². The zero-order valence-corrected chi connectivity index (χ0v) is 13.3. The van der Waals surface area contributed by atoms with Crippen LogP contribution in [0.2, 0.25) is 5.02 Å². The number of benzene rings is 1. The van der Waals surface area contributed by atoms with Crippen molar-refractivity contribution in [3.8, 4) is 0 Å². The number of aromatic nitrogens is 2. The number of halogens is 1. The van der Waals surface area contributed by atoms with Crippen LogP contribution in [0.3, 0.4) is 0 Å². The lowest BCUT2D eigenvalue weighted by Crippen LogP contribution is -2.20. The summed E-state index contributed by atoms with van der Waals surface area (Å²) in [7, 11) is 2.05. The van der Waals surface area contributed by atoms with Gasteiger partial charge in [0.15, 0.2) is 0 Å². The van der Waals surface area contributed by atoms with Crippen LogP contribution >= 0.6 is 11.6 Å². The number of rotatable bonds is 7. The van der Waals surface area contributed by atoms with Crippen LogP contribution < -0.4 is 10.2 Å². The summed E-state index contributed by atoms with van der Waals surface area (Å²) in [4.78, 5) is 10.9. The highest BCUT2D eigenvalue weighted by molar-refractivity contribution is 6.31. The molecule has 0 fully saturated rings. The molecule has 0 saturated carbocycles. The van der Waals surface area contributed by atoms with Crippen molar-refractivity contribution in [3.63, 3.8) is 0 Å². The molecule has 0 amide bonds. The van der Waals surface area contributed by atoms with Gasteiger partial charge in [-0.1, -0.05) is 43.1 Å². The van der Waals surface area contributed by atoms with Gasteiger partial charge in [-0.05, 0) is 24.1 Å². The first kappa shape index (κ1) is 15.6. The Morgan fingerprint density at radius 2 is 2.05 bits per heavy atom. The van der Waals surface area contributed by atoms with E-state index in [1.54, 1.807) is 6.20 Å². The van der Waals surface area contributed by atoms with Crippen LogP contribution in [0.25, 0.3) is 0 Å². The Morgan fingerprint density at radius 3 is 2.81 bits per heavy atom. The molecule has 0 unspecified atom stereocenters. The Kier molecular flexibility index (Phi) is 5.81. The van der Waals surface area contributed by atoms with Crippen LogP contribution in [0, 0.1) is 0 Å². The second-order valence-electron chi connectivity index (χ2n) is 4.96. The van der Waals surface area contributed by atoms with Crippen molar-refractivity contribution in [1.82, 2.24) is 9.97 Å². The average molecular weight is 305 g/mol. The normalized spacial score (nSPS) is 10.4. The molecule has 112 valence electrons. The molecule has 2 rings (SSSR count). The third-order valence-corrected chi connectivity index (χ3v) is 3.64. The second-order valence-corrected chi connectivity index (χ2v) is 5.37. The van der Waals surface area contributed by atoms with E-state index in [1.807, 2.05) is 30.3 Å². The van der Waals surface area contributed by atoms with Crippen molar-refractivity contribution in [2.24, 2.45) is 0 Å². The lowest BCUT2D eigenvalue weighted by atomic mass is 10.2. The van der Waals surface area contributed by atoms with E-state index >= 15 is 0 Å². The Hall–Kier alpha value is -1.81. The molecule has 0 saturated heterocycles. The van der Waals surface area contributed by atoms with Gasteiger partial charge in [0.25, 0.3) is 0 Å². The molecule has 0 spiro atoms. The lowest BCUT2D eigenvalue weighted by molar-refractivity contribution is 0.758. The fourth-order valence-corrected chi connectivity index (χ4v) is 2.18. The Labute approximate surface area is 131 Å². The van der Waals surface area contributed by atoms with Crippen molar-refractivity contribution in [2.75, 3.05) is 23.8 Å². The Balaban J connectivity index is 1.99. The van der Waals surface area contributed by atoms with E-state index in [1.165, 1.54) is 6.42 Å². The van der Waals surface area contributed by atoms with Gasteiger partial charge < -0.3 is 10.2 Å². The topological polar surface area (TPSA) is 41.1 Å². The Bertz CT molecular complexity index is 574. The average Bonchev–Trinajstić information content (AvgIpc) is 2.52. The summed E-state index contributed by atoms with van der Waals surface area (Å²) in [5.41, 5.74) is 1.03. The first-order chi connectivity index (χ1) is 10.2. The van der Waals surface area contributed by atoms with E-state index in [9.17, 15) is 0 Å². The van der Waals surface area contributed by atoms with Gasteiger partial charge in [-0.3, -0.25) is 0 Å². The van der Waals surface area contributed by atoms with E-state index < -0.39 is 0 Å². The van der Waals surface area contributed by atoms with Gasteiger partial charge in [-0.25, -0.2) is 4.98 Å². The predicted molar refractivity (Wildman–Crippen MR) is 89.0 cm³/mol. The predicted octanol–water partition coefficient (Wildman–Crippen LogP) is 3.98. The lowest BCUT2D eigenvalue weighted by Gasteiger charge is -2.18. The van der Waals surface area contributed by atoms with Gasteiger partial charge in [0.2, 0.25) is 5.95 Å². The summed E-state index contributed by atoms with van der Waals surface area (Å²) in [6, 6.07) is 9.70. The largest absolute Gasteiger partial charge is 0.360 e. The van der Waals surface area contributed by atoms with Gasteiger partial charge in [0.05, 0.1) is 0 Å². The number of hydrogen-bond donors (Lipinski definition) is 1. The molecule has 1 aromatic heterocycles. The first-order valence-electron chi connectivity index (χ1n) is 7.22. The van der Waals surface area contributed by atoms with Crippen LogP contribution in [0.4, 0.5) is 11.8 Å². The summed E-state index contributed by atoms with van der Waals surface area (Å²) in [6.07, 6.45) is 4.11. The molecular formula is C16H21ClN4. The highest BCUT2D eigenvalue weighted by atomic mass is 35.5. The number of anilines is 2. The second kappa shape index (κ2) is 7.84. The van der Waals surface area contributed by atoms with Gasteiger partial charge in [-0.2, -0.15) is 4.98 Å². The fourth-order valence-electron chi connectivity index (χ4n) is 1.97. The standard InChI is InChI=1S/C16H21ClN4/c1-3-4-11-21(2)15-9-10-18-16(20-15)19-12-13-7-5-6-8-14(13)17/h5-10H,3-4,11-12H2,1-2H3,(H,18,19,20). The van der Waals surface area contributed by atoms with Crippen LogP contribution in [-0.2, 0) is 6.54 Å². The van der Waals surface area contributed by atoms with Gasteiger partial charge in [0, 0.05) is 31.4 Å². The summed E-state index contributed by atoms with van der Waals surface area (Å²) in [5.74, 6) is 1.55.